The summed E-state index contributed by atoms with van der Waals surface area (Å²) in [7, 11) is 0. The van der Waals surface area contributed by atoms with E-state index in [4.69, 9.17) is 17.3 Å². The van der Waals surface area contributed by atoms with Crippen molar-refractivity contribution in [2.24, 2.45) is 5.73 Å². The molecule has 72 valence electrons. The van der Waals surface area contributed by atoms with Gasteiger partial charge in [-0.2, -0.15) is 0 Å². The Morgan fingerprint density at radius 2 is 2.15 bits per heavy atom. The lowest BCUT2D eigenvalue weighted by molar-refractivity contribution is 0.638. The van der Waals surface area contributed by atoms with E-state index in [0.29, 0.717) is 0 Å². The fraction of sp³-hybridized carbons (Fsp3) is 0.400. The molecule has 0 unspecified atom stereocenters. The molecule has 0 fully saturated rings. The highest BCUT2D eigenvalue weighted by Crippen LogP contribution is 2.24. The molecule has 1 rings (SSSR count). The van der Waals surface area contributed by atoms with Crippen LogP contribution < -0.4 is 5.73 Å². The molecule has 0 amide bonds. The average Bonchev–Trinajstić information content (AvgIpc) is 2.03. The van der Waals surface area contributed by atoms with Gasteiger partial charge >= 0.3 is 0 Å². The van der Waals surface area contributed by atoms with E-state index in [1.807, 2.05) is 18.2 Å². The standard InChI is InChI=1S/C10H13BrClN/c1-2-3-10(13)7-4-8(11)6-9(12)5-7/h4-6,10H,2-3,13H2,1H3/t10-/m0/s1. The van der Waals surface area contributed by atoms with Crippen molar-refractivity contribution in [3.8, 4) is 0 Å². The number of rotatable bonds is 3. The first-order valence-corrected chi connectivity index (χ1v) is 5.52. The molecule has 0 bridgehead atoms. The van der Waals surface area contributed by atoms with Crippen LogP contribution in [0.25, 0.3) is 0 Å². The van der Waals surface area contributed by atoms with E-state index in [0.717, 1.165) is 27.9 Å². The van der Waals surface area contributed by atoms with Gasteiger partial charge in [-0.05, 0) is 30.2 Å². The molecule has 2 N–H and O–H groups in total. The summed E-state index contributed by atoms with van der Waals surface area (Å²) < 4.78 is 0.988. The Morgan fingerprint density at radius 1 is 1.46 bits per heavy atom. The summed E-state index contributed by atoms with van der Waals surface area (Å²) in [5.41, 5.74) is 7.06. The predicted molar refractivity (Wildman–Crippen MR) is 61.0 cm³/mol. The van der Waals surface area contributed by atoms with Crippen LogP contribution in [0.1, 0.15) is 31.4 Å². The molecule has 0 spiro atoms. The van der Waals surface area contributed by atoms with Crippen LogP contribution in [0.3, 0.4) is 0 Å². The van der Waals surface area contributed by atoms with Crippen molar-refractivity contribution in [3.05, 3.63) is 33.3 Å². The smallest absolute Gasteiger partial charge is 0.0420 e. The molecule has 0 aliphatic carbocycles. The van der Waals surface area contributed by atoms with Gasteiger partial charge in [0.15, 0.2) is 0 Å². The van der Waals surface area contributed by atoms with Crippen LogP contribution in [0.5, 0.6) is 0 Å². The van der Waals surface area contributed by atoms with Gasteiger partial charge in [-0.15, -0.1) is 0 Å². The third-order valence-corrected chi connectivity index (χ3v) is 2.59. The number of hydrogen-bond donors (Lipinski definition) is 1. The molecule has 0 heterocycles. The van der Waals surface area contributed by atoms with Crippen molar-refractivity contribution in [2.45, 2.75) is 25.8 Å². The third kappa shape index (κ3) is 3.29. The van der Waals surface area contributed by atoms with Crippen LogP contribution in [-0.2, 0) is 0 Å². The Bertz CT molecular complexity index is 268. The van der Waals surface area contributed by atoms with Crippen molar-refractivity contribution < 1.29 is 0 Å². The molecule has 0 radical (unpaired) electrons. The highest BCUT2D eigenvalue weighted by atomic mass is 79.9. The maximum Gasteiger partial charge on any atom is 0.0420 e. The maximum atomic E-state index is 5.96. The first-order chi connectivity index (χ1) is 6.13. The summed E-state index contributed by atoms with van der Waals surface area (Å²) in [5, 5.41) is 0.732. The highest BCUT2D eigenvalue weighted by molar-refractivity contribution is 9.10. The van der Waals surface area contributed by atoms with Crippen LogP contribution in [0.4, 0.5) is 0 Å². The Morgan fingerprint density at radius 3 is 2.69 bits per heavy atom. The lowest BCUT2D eigenvalue weighted by atomic mass is 10.0. The van der Waals surface area contributed by atoms with Crippen LogP contribution in [0.15, 0.2) is 22.7 Å². The molecule has 0 aliphatic rings. The second kappa shape index (κ2) is 4.99. The van der Waals surface area contributed by atoms with E-state index in [-0.39, 0.29) is 6.04 Å². The minimum Gasteiger partial charge on any atom is -0.324 e. The Kier molecular flexibility index (Phi) is 4.23. The van der Waals surface area contributed by atoms with Gasteiger partial charge in [-0.3, -0.25) is 0 Å². The fourth-order valence-electron chi connectivity index (χ4n) is 1.27. The summed E-state index contributed by atoms with van der Waals surface area (Å²) in [6, 6.07) is 5.91. The number of nitrogens with two attached hydrogens (primary N) is 1. The molecule has 0 saturated heterocycles. The quantitative estimate of drug-likeness (QED) is 0.878. The molecular weight excluding hydrogens is 249 g/mol. The zero-order valence-electron chi connectivity index (χ0n) is 7.56. The summed E-state index contributed by atoms with van der Waals surface area (Å²) in [5.74, 6) is 0. The van der Waals surface area contributed by atoms with Gasteiger partial charge in [0.05, 0.1) is 0 Å². The minimum atomic E-state index is 0.0972. The fourth-order valence-corrected chi connectivity index (χ4v) is 2.15. The van der Waals surface area contributed by atoms with Crippen LogP contribution >= 0.6 is 27.5 Å². The monoisotopic (exact) mass is 261 g/mol. The summed E-state index contributed by atoms with van der Waals surface area (Å²) in [4.78, 5) is 0. The van der Waals surface area contributed by atoms with E-state index in [1.165, 1.54) is 0 Å². The number of halogens is 2. The van der Waals surface area contributed by atoms with Crippen molar-refractivity contribution in [2.75, 3.05) is 0 Å². The predicted octanol–water partition coefficient (Wildman–Crippen LogP) is 3.90. The number of benzene rings is 1. The Labute approximate surface area is 92.4 Å². The second-order valence-corrected chi connectivity index (χ2v) is 4.45. The summed E-state index contributed by atoms with van der Waals surface area (Å²) in [6.07, 6.45) is 2.08. The van der Waals surface area contributed by atoms with Gasteiger partial charge in [0.1, 0.15) is 0 Å². The molecule has 3 heteroatoms. The van der Waals surface area contributed by atoms with Crippen molar-refractivity contribution in [1.29, 1.82) is 0 Å². The van der Waals surface area contributed by atoms with Crippen LogP contribution in [0, 0.1) is 0 Å². The van der Waals surface area contributed by atoms with Crippen LogP contribution in [0.2, 0.25) is 5.02 Å². The van der Waals surface area contributed by atoms with Crippen LogP contribution in [-0.4, -0.2) is 0 Å². The first-order valence-electron chi connectivity index (χ1n) is 4.35. The number of hydrogen-bond acceptors (Lipinski definition) is 1. The summed E-state index contributed by atoms with van der Waals surface area (Å²) >= 11 is 9.30. The molecule has 0 aromatic heterocycles. The molecule has 0 saturated carbocycles. The lowest BCUT2D eigenvalue weighted by Crippen LogP contribution is -2.09. The average molecular weight is 263 g/mol. The summed E-state index contributed by atoms with van der Waals surface area (Å²) in [6.45, 7) is 2.12. The van der Waals surface area contributed by atoms with Gasteiger partial charge in [0.2, 0.25) is 0 Å². The third-order valence-electron chi connectivity index (χ3n) is 1.91. The van der Waals surface area contributed by atoms with Crippen molar-refractivity contribution >= 4 is 27.5 Å². The normalized spacial score (nSPS) is 12.9. The largest absolute Gasteiger partial charge is 0.324 e. The van der Waals surface area contributed by atoms with E-state index in [9.17, 15) is 0 Å². The molecule has 1 nitrogen and oxygen atoms in total. The molecule has 13 heavy (non-hydrogen) atoms. The zero-order valence-corrected chi connectivity index (χ0v) is 9.90. The molecule has 1 aromatic rings. The molecular formula is C10H13BrClN. The lowest BCUT2D eigenvalue weighted by Gasteiger charge is -2.11. The maximum absolute atomic E-state index is 5.96. The van der Waals surface area contributed by atoms with E-state index >= 15 is 0 Å². The zero-order chi connectivity index (χ0) is 9.84. The van der Waals surface area contributed by atoms with Gasteiger partial charge in [0.25, 0.3) is 0 Å². The van der Waals surface area contributed by atoms with E-state index in [1.54, 1.807) is 0 Å². The van der Waals surface area contributed by atoms with Gasteiger partial charge in [-0.1, -0.05) is 40.9 Å². The Hall–Kier alpha value is -0.0500. The topological polar surface area (TPSA) is 26.0 Å². The van der Waals surface area contributed by atoms with Crippen molar-refractivity contribution in [3.63, 3.8) is 0 Å². The SMILES string of the molecule is CCC[C@H](N)c1cc(Cl)cc(Br)c1. The van der Waals surface area contributed by atoms with Gasteiger partial charge in [-0.25, -0.2) is 0 Å². The highest BCUT2D eigenvalue weighted by Gasteiger charge is 2.06. The van der Waals surface area contributed by atoms with Gasteiger partial charge < -0.3 is 5.73 Å². The first kappa shape index (κ1) is 11.0. The Balaban J connectivity index is 2.87. The molecule has 1 aromatic carbocycles. The molecule has 0 aliphatic heterocycles. The van der Waals surface area contributed by atoms with E-state index < -0.39 is 0 Å². The van der Waals surface area contributed by atoms with Crippen molar-refractivity contribution in [1.82, 2.24) is 0 Å². The minimum absolute atomic E-state index is 0.0972. The van der Waals surface area contributed by atoms with Gasteiger partial charge in [0, 0.05) is 15.5 Å². The van der Waals surface area contributed by atoms with E-state index in [2.05, 4.69) is 22.9 Å². The second-order valence-electron chi connectivity index (χ2n) is 3.10. The molecule has 1 atom stereocenters.